The summed E-state index contributed by atoms with van der Waals surface area (Å²) in [4.78, 5) is 11.1. The molecule has 1 rings (SSSR count). The molecule has 106 valence electrons. The van der Waals surface area contributed by atoms with E-state index in [1.54, 1.807) is 24.3 Å². The molecule has 0 fully saturated rings. The smallest absolute Gasteiger partial charge is 0.401 e. The molecular formula is C12H14F3NO3. The molecular weight excluding hydrogens is 263 g/mol. The lowest BCUT2D eigenvalue weighted by molar-refractivity contribution is -0.145. The second-order valence-electron chi connectivity index (χ2n) is 3.73. The topological polar surface area (TPSA) is 47.6 Å². The van der Waals surface area contributed by atoms with Crippen LogP contribution in [0.4, 0.5) is 13.2 Å². The van der Waals surface area contributed by atoms with Gasteiger partial charge in [0, 0.05) is 0 Å². The van der Waals surface area contributed by atoms with Gasteiger partial charge in [0.15, 0.2) is 0 Å². The van der Waals surface area contributed by atoms with Crippen LogP contribution in [-0.2, 0) is 16.1 Å². The minimum absolute atomic E-state index is 0.0104. The zero-order valence-corrected chi connectivity index (χ0v) is 10.3. The number of ether oxygens (including phenoxy) is 2. The van der Waals surface area contributed by atoms with Crippen molar-refractivity contribution in [3.05, 3.63) is 29.8 Å². The van der Waals surface area contributed by atoms with Gasteiger partial charge in [-0.25, -0.2) is 0 Å². The summed E-state index contributed by atoms with van der Waals surface area (Å²) in [6, 6.07) is 6.81. The van der Waals surface area contributed by atoms with E-state index >= 15 is 0 Å². The molecule has 0 bridgehead atoms. The van der Waals surface area contributed by atoms with Crippen LogP contribution in [0.5, 0.6) is 5.75 Å². The Bertz CT molecular complexity index is 404. The third-order valence-electron chi connectivity index (χ3n) is 2.15. The quantitative estimate of drug-likeness (QED) is 0.807. The van der Waals surface area contributed by atoms with E-state index in [1.165, 1.54) is 7.11 Å². The molecule has 0 saturated heterocycles. The van der Waals surface area contributed by atoms with E-state index in [0.717, 1.165) is 5.56 Å². The van der Waals surface area contributed by atoms with Gasteiger partial charge in [-0.15, -0.1) is 0 Å². The number of benzene rings is 1. The third kappa shape index (κ3) is 6.66. The van der Waals surface area contributed by atoms with Gasteiger partial charge in [0.2, 0.25) is 0 Å². The van der Waals surface area contributed by atoms with Crippen LogP contribution >= 0.6 is 0 Å². The summed E-state index contributed by atoms with van der Waals surface area (Å²) in [6.45, 7) is -1.68. The van der Waals surface area contributed by atoms with E-state index in [1.807, 2.05) is 5.32 Å². The molecule has 0 aliphatic rings. The molecule has 0 unspecified atom stereocenters. The first kappa shape index (κ1) is 15.3. The number of halogens is 3. The van der Waals surface area contributed by atoms with Gasteiger partial charge < -0.3 is 9.47 Å². The lowest BCUT2D eigenvalue weighted by atomic mass is 10.2. The number of esters is 1. The highest BCUT2D eigenvalue weighted by atomic mass is 19.4. The number of nitrogens with one attached hydrogen (secondary N) is 1. The Hall–Kier alpha value is -1.76. The highest BCUT2D eigenvalue weighted by molar-refractivity contribution is 5.71. The van der Waals surface area contributed by atoms with Crippen molar-refractivity contribution in [2.75, 3.05) is 20.2 Å². The predicted molar refractivity (Wildman–Crippen MR) is 61.7 cm³/mol. The molecule has 0 aromatic heterocycles. The molecule has 0 aliphatic carbocycles. The van der Waals surface area contributed by atoms with Crippen LogP contribution in [0.25, 0.3) is 0 Å². The molecule has 0 heterocycles. The average Bonchev–Trinajstić information content (AvgIpc) is 2.35. The fraction of sp³-hybridized carbons (Fsp3) is 0.417. The molecule has 0 atom stereocenters. The standard InChI is InChI=1S/C12H14F3NO3/c1-18-10-4-2-9(3-5-10)7-19-11(17)6-16-8-12(13,14)15/h2-5,16H,6-8H2,1H3. The SMILES string of the molecule is COc1ccc(COC(=O)CNCC(F)(F)F)cc1. The normalized spacial score (nSPS) is 11.2. The van der Waals surface area contributed by atoms with Crippen molar-refractivity contribution in [2.45, 2.75) is 12.8 Å². The summed E-state index contributed by atoms with van der Waals surface area (Å²) in [6.07, 6.45) is -4.34. The second-order valence-corrected chi connectivity index (χ2v) is 3.73. The second kappa shape index (κ2) is 6.98. The molecule has 0 spiro atoms. The molecule has 19 heavy (non-hydrogen) atoms. The van der Waals surface area contributed by atoms with Crippen molar-refractivity contribution in [1.82, 2.24) is 5.32 Å². The summed E-state index contributed by atoms with van der Waals surface area (Å²) in [5, 5.41) is 1.96. The van der Waals surface area contributed by atoms with Crippen LogP contribution in [-0.4, -0.2) is 32.3 Å². The van der Waals surface area contributed by atoms with Crippen LogP contribution in [0.3, 0.4) is 0 Å². The van der Waals surface area contributed by atoms with Gasteiger partial charge in [0.05, 0.1) is 20.2 Å². The lowest BCUT2D eigenvalue weighted by Crippen LogP contribution is -2.33. The minimum Gasteiger partial charge on any atom is -0.497 e. The molecule has 1 N–H and O–H groups in total. The maximum Gasteiger partial charge on any atom is 0.401 e. The van der Waals surface area contributed by atoms with Gasteiger partial charge in [-0.1, -0.05) is 12.1 Å². The average molecular weight is 277 g/mol. The Kier molecular flexibility index (Phi) is 5.62. The fourth-order valence-corrected chi connectivity index (χ4v) is 1.24. The van der Waals surface area contributed by atoms with E-state index in [4.69, 9.17) is 9.47 Å². The number of alkyl halides is 3. The molecule has 0 saturated carbocycles. The number of carbonyl (C=O) groups excluding carboxylic acids is 1. The van der Waals surface area contributed by atoms with Crippen molar-refractivity contribution in [1.29, 1.82) is 0 Å². The molecule has 7 heteroatoms. The summed E-state index contributed by atoms with van der Waals surface area (Å²) in [5.74, 6) is -0.0676. The molecule has 0 amide bonds. The summed E-state index contributed by atoms with van der Waals surface area (Å²) in [7, 11) is 1.53. The Labute approximate surface area is 108 Å². The van der Waals surface area contributed by atoms with Crippen molar-refractivity contribution >= 4 is 5.97 Å². The van der Waals surface area contributed by atoms with Crippen molar-refractivity contribution in [3.8, 4) is 5.75 Å². The summed E-state index contributed by atoms with van der Waals surface area (Å²) in [5.41, 5.74) is 0.727. The first-order chi connectivity index (χ1) is 8.90. The number of hydrogen-bond donors (Lipinski definition) is 1. The van der Waals surface area contributed by atoms with Gasteiger partial charge in [-0.2, -0.15) is 13.2 Å². The highest BCUT2D eigenvalue weighted by Crippen LogP contribution is 2.13. The van der Waals surface area contributed by atoms with Gasteiger partial charge in [0.25, 0.3) is 0 Å². The maximum absolute atomic E-state index is 11.8. The van der Waals surface area contributed by atoms with Crippen molar-refractivity contribution in [3.63, 3.8) is 0 Å². The minimum atomic E-state index is -4.34. The van der Waals surface area contributed by atoms with E-state index in [2.05, 4.69) is 0 Å². The van der Waals surface area contributed by atoms with E-state index in [-0.39, 0.29) is 6.61 Å². The molecule has 0 radical (unpaired) electrons. The number of methoxy groups -OCH3 is 1. The molecule has 1 aromatic carbocycles. The van der Waals surface area contributed by atoms with Crippen LogP contribution in [0.1, 0.15) is 5.56 Å². The fourth-order valence-electron chi connectivity index (χ4n) is 1.24. The Morgan fingerprint density at radius 1 is 1.26 bits per heavy atom. The molecule has 1 aromatic rings. The first-order valence-corrected chi connectivity index (χ1v) is 5.47. The van der Waals surface area contributed by atoms with Crippen LogP contribution in [0, 0.1) is 0 Å². The Morgan fingerprint density at radius 2 is 1.89 bits per heavy atom. The molecule has 0 aliphatic heterocycles. The van der Waals surface area contributed by atoms with Crippen LogP contribution < -0.4 is 10.1 Å². The van der Waals surface area contributed by atoms with Gasteiger partial charge in [0.1, 0.15) is 12.4 Å². The number of rotatable bonds is 6. The lowest BCUT2D eigenvalue weighted by Gasteiger charge is -2.08. The van der Waals surface area contributed by atoms with E-state index < -0.39 is 25.2 Å². The number of hydrogen-bond acceptors (Lipinski definition) is 4. The van der Waals surface area contributed by atoms with Gasteiger partial charge in [-0.3, -0.25) is 10.1 Å². The van der Waals surface area contributed by atoms with E-state index in [9.17, 15) is 18.0 Å². The largest absolute Gasteiger partial charge is 0.497 e. The third-order valence-corrected chi connectivity index (χ3v) is 2.15. The van der Waals surface area contributed by atoms with Crippen LogP contribution in [0.15, 0.2) is 24.3 Å². The monoisotopic (exact) mass is 277 g/mol. The summed E-state index contributed by atoms with van der Waals surface area (Å²) < 4.78 is 45.2. The van der Waals surface area contributed by atoms with Crippen molar-refractivity contribution < 1.29 is 27.4 Å². The Morgan fingerprint density at radius 3 is 2.42 bits per heavy atom. The van der Waals surface area contributed by atoms with Crippen LogP contribution in [0.2, 0.25) is 0 Å². The zero-order chi connectivity index (χ0) is 14.3. The van der Waals surface area contributed by atoms with Crippen molar-refractivity contribution in [2.24, 2.45) is 0 Å². The maximum atomic E-state index is 11.8. The van der Waals surface area contributed by atoms with E-state index in [0.29, 0.717) is 5.75 Å². The predicted octanol–water partition coefficient (Wildman–Crippen LogP) is 1.89. The van der Waals surface area contributed by atoms with Gasteiger partial charge in [-0.05, 0) is 17.7 Å². The Balaban J connectivity index is 2.26. The van der Waals surface area contributed by atoms with Gasteiger partial charge >= 0.3 is 12.1 Å². The molecule has 4 nitrogen and oxygen atoms in total. The summed E-state index contributed by atoms with van der Waals surface area (Å²) >= 11 is 0. The number of carbonyl (C=O) groups is 1. The first-order valence-electron chi connectivity index (χ1n) is 5.47. The highest BCUT2D eigenvalue weighted by Gasteiger charge is 2.26. The zero-order valence-electron chi connectivity index (χ0n) is 10.3.